The molecule has 0 aliphatic rings. The van der Waals surface area contributed by atoms with E-state index >= 15 is 0 Å². The van der Waals surface area contributed by atoms with Crippen molar-refractivity contribution in [1.82, 2.24) is 9.97 Å². The van der Waals surface area contributed by atoms with Crippen molar-refractivity contribution in [2.24, 2.45) is 0 Å². The zero-order chi connectivity index (χ0) is 13.1. The van der Waals surface area contributed by atoms with Gasteiger partial charge in [-0.1, -0.05) is 24.3 Å². The van der Waals surface area contributed by atoms with Gasteiger partial charge in [-0.15, -0.1) is 0 Å². The first-order chi connectivity index (χ1) is 9.33. The molecule has 3 nitrogen and oxygen atoms in total. The van der Waals surface area contributed by atoms with E-state index in [1.807, 2.05) is 48.8 Å². The van der Waals surface area contributed by atoms with E-state index in [1.54, 1.807) is 0 Å². The Bertz CT molecular complexity index is 765. The Morgan fingerprint density at radius 2 is 1.37 bits per heavy atom. The lowest BCUT2D eigenvalue weighted by molar-refractivity contribution is 1.48. The van der Waals surface area contributed by atoms with Crippen LogP contribution in [0.5, 0.6) is 0 Å². The van der Waals surface area contributed by atoms with Crippen molar-refractivity contribution >= 4 is 27.5 Å². The molecule has 4 aromatic rings. The summed E-state index contributed by atoms with van der Waals surface area (Å²) in [7, 11) is 0. The Kier molecular flexibility index (Phi) is 2.94. The topological polar surface area (TPSA) is 57.6 Å². The van der Waals surface area contributed by atoms with Crippen LogP contribution in [0, 0.1) is 0 Å². The fourth-order valence-electron chi connectivity index (χ4n) is 2.06. The highest BCUT2D eigenvalue weighted by molar-refractivity contribution is 5.82. The summed E-state index contributed by atoms with van der Waals surface area (Å²) in [4.78, 5) is 6.20. The fourth-order valence-corrected chi connectivity index (χ4v) is 2.06. The molecule has 0 aliphatic carbocycles. The summed E-state index contributed by atoms with van der Waals surface area (Å²) < 4.78 is 0. The summed E-state index contributed by atoms with van der Waals surface area (Å²) >= 11 is 0. The van der Waals surface area contributed by atoms with E-state index in [0.717, 1.165) is 11.2 Å². The van der Waals surface area contributed by atoms with Crippen LogP contribution < -0.4 is 5.73 Å². The number of nitrogen functional groups attached to an aromatic ring is 1. The van der Waals surface area contributed by atoms with Crippen molar-refractivity contribution in [3.05, 3.63) is 67.0 Å². The van der Waals surface area contributed by atoms with Crippen molar-refractivity contribution in [2.75, 3.05) is 5.73 Å². The number of nitrogens with two attached hydrogens (primary N) is 1. The average molecular weight is 249 g/mol. The number of aromatic nitrogens is 2. The number of aromatic amines is 2. The van der Waals surface area contributed by atoms with Gasteiger partial charge in [-0.3, -0.25) is 0 Å². The van der Waals surface area contributed by atoms with Crippen molar-refractivity contribution in [2.45, 2.75) is 0 Å². The van der Waals surface area contributed by atoms with Gasteiger partial charge in [0.2, 0.25) is 0 Å². The van der Waals surface area contributed by atoms with E-state index in [1.165, 1.54) is 16.3 Å². The largest absolute Gasteiger partial charge is 0.399 e. The smallest absolute Gasteiger partial charge is 0.0474 e. The maximum absolute atomic E-state index is 5.56. The first kappa shape index (κ1) is 11.4. The third-order valence-corrected chi connectivity index (χ3v) is 3.04. The van der Waals surface area contributed by atoms with Gasteiger partial charge in [0.15, 0.2) is 0 Å². The minimum atomic E-state index is 0.801. The summed E-state index contributed by atoms with van der Waals surface area (Å²) in [5.41, 5.74) is 8.67. The molecule has 2 aromatic carbocycles. The Morgan fingerprint density at radius 3 is 2.16 bits per heavy atom. The third kappa shape index (κ3) is 2.45. The lowest BCUT2D eigenvalue weighted by Crippen LogP contribution is -1.81. The molecule has 0 aliphatic heterocycles. The molecule has 2 heterocycles. The van der Waals surface area contributed by atoms with Crippen LogP contribution in [-0.2, 0) is 0 Å². The minimum absolute atomic E-state index is 0.801. The van der Waals surface area contributed by atoms with E-state index in [9.17, 15) is 0 Å². The second-order valence-electron chi connectivity index (χ2n) is 4.39. The molecule has 94 valence electrons. The second kappa shape index (κ2) is 4.90. The molecule has 3 heteroatoms. The average Bonchev–Trinajstić information content (AvgIpc) is 3.07. The van der Waals surface area contributed by atoms with Gasteiger partial charge in [0.05, 0.1) is 0 Å². The number of rotatable bonds is 0. The summed E-state index contributed by atoms with van der Waals surface area (Å²) in [6.45, 7) is 0. The molecule has 0 radical (unpaired) electrons. The Hall–Kier alpha value is -2.68. The van der Waals surface area contributed by atoms with Crippen molar-refractivity contribution in [1.29, 1.82) is 0 Å². The number of hydrogen-bond donors (Lipinski definition) is 3. The number of anilines is 1. The van der Waals surface area contributed by atoms with Gasteiger partial charge in [-0.2, -0.15) is 0 Å². The third-order valence-electron chi connectivity index (χ3n) is 3.04. The number of hydrogen-bond acceptors (Lipinski definition) is 1. The van der Waals surface area contributed by atoms with Crippen LogP contribution in [0.1, 0.15) is 0 Å². The standard InChI is InChI=1S/C8H8N2.C8H7N/c9-7-2-1-6-3-4-10-8(6)5-7;1-2-4-8-7(3-1)5-6-9-8/h1-5,10H,9H2;1-6,9H. The lowest BCUT2D eigenvalue weighted by Gasteiger charge is -1.90. The molecule has 0 atom stereocenters. The first-order valence-corrected chi connectivity index (χ1v) is 6.18. The van der Waals surface area contributed by atoms with Gasteiger partial charge < -0.3 is 15.7 Å². The Morgan fingerprint density at radius 1 is 0.684 bits per heavy atom. The molecule has 0 saturated heterocycles. The summed E-state index contributed by atoms with van der Waals surface area (Å²) in [6.07, 6.45) is 3.86. The molecule has 0 fully saturated rings. The molecule has 0 spiro atoms. The van der Waals surface area contributed by atoms with Gasteiger partial charge in [-0.25, -0.2) is 0 Å². The Labute approximate surface area is 111 Å². The number of benzene rings is 2. The van der Waals surface area contributed by atoms with Gasteiger partial charge in [0.1, 0.15) is 0 Å². The minimum Gasteiger partial charge on any atom is -0.399 e. The highest BCUT2D eigenvalue weighted by Gasteiger charge is 1.91. The molecule has 0 saturated carbocycles. The van der Waals surface area contributed by atoms with E-state index in [2.05, 4.69) is 28.2 Å². The molecule has 19 heavy (non-hydrogen) atoms. The number of fused-ring (bicyclic) bond motifs is 2. The van der Waals surface area contributed by atoms with Crippen LogP contribution in [0.15, 0.2) is 67.0 Å². The zero-order valence-corrected chi connectivity index (χ0v) is 10.4. The van der Waals surface area contributed by atoms with Gasteiger partial charge in [-0.05, 0) is 41.1 Å². The number of nitrogens with one attached hydrogen (secondary N) is 2. The SMILES string of the molecule is Nc1ccc2cc[nH]c2c1.c1ccc2[nH]ccc2c1. The molecule has 0 bridgehead atoms. The van der Waals surface area contributed by atoms with E-state index in [-0.39, 0.29) is 0 Å². The van der Waals surface area contributed by atoms with Gasteiger partial charge >= 0.3 is 0 Å². The summed E-state index contributed by atoms with van der Waals surface area (Å²) in [5.74, 6) is 0. The summed E-state index contributed by atoms with van der Waals surface area (Å²) in [6, 6.07) is 18.1. The van der Waals surface area contributed by atoms with Crippen molar-refractivity contribution < 1.29 is 0 Å². The molecule has 4 N–H and O–H groups in total. The van der Waals surface area contributed by atoms with Crippen LogP contribution in [-0.4, -0.2) is 9.97 Å². The zero-order valence-electron chi connectivity index (χ0n) is 10.4. The van der Waals surface area contributed by atoms with Crippen molar-refractivity contribution in [3.63, 3.8) is 0 Å². The maximum Gasteiger partial charge on any atom is 0.0474 e. The first-order valence-electron chi connectivity index (χ1n) is 6.18. The monoisotopic (exact) mass is 249 g/mol. The second-order valence-corrected chi connectivity index (χ2v) is 4.39. The van der Waals surface area contributed by atoms with Gasteiger partial charge in [0, 0.05) is 29.1 Å². The molecular formula is C16H15N3. The molecule has 2 aromatic heterocycles. The maximum atomic E-state index is 5.56. The highest BCUT2D eigenvalue weighted by atomic mass is 14.7. The van der Waals surface area contributed by atoms with Crippen LogP contribution in [0.25, 0.3) is 21.8 Å². The van der Waals surface area contributed by atoms with Crippen molar-refractivity contribution in [3.8, 4) is 0 Å². The quantitative estimate of drug-likeness (QED) is 0.406. The molecule has 4 rings (SSSR count). The molecule has 0 unspecified atom stereocenters. The normalized spacial score (nSPS) is 10.3. The van der Waals surface area contributed by atoms with Crippen LogP contribution in [0.2, 0.25) is 0 Å². The highest BCUT2D eigenvalue weighted by Crippen LogP contribution is 2.14. The number of para-hydroxylation sites is 1. The lowest BCUT2D eigenvalue weighted by atomic mass is 10.2. The molecular weight excluding hydrogens is 234 g/mol. The van der Waals surface area contributed by atoms with E-state index in [4.69, 9.17) is 5.73 Å². The van der Waals surface area contributed by atoms with Gasteiger partial charge in [0.25, 0.3) is 0 Å². The van der Waals surface area contributed by atoms with Crippen LogP contribution >= 0.6 is 0 Å². The summed E-state index contributed by atoms with van der Waals surface area (Å²) in [5, 5.41) is 2.48. The predicted octanol–water partition coefficient (Wildman–Crippen LogP) is 3.92. The van der Waals surface area contributed by atoms with Crippen LogP contribution in [0.3, 0.4) is 0 Å². The van der Waals surface area contributed by atoms with Crippen LogP contribution in [0.4, 0.5) is 5.69 Å². The number of H-pyrrole nitrogens is 2. The Balaban J connectivity index is 0.000000117. The fraction of sp³-hybridized carbons (Fsp3) is 0. The predicted molar refractivity (Wildman–Crippen MR) is 81.0 cm³/mol. The molecule has 0 amide bonds. The van der Waals surface area contributed by atoms with E-state index in [0.29, 0.717) is 0 Å². The van der Waals surface area contributed by atoms with E-state index < -0.39 is 0 Å².